The summed E-state index contributed by atoms with van der Waals surface area (Å²) in [6.07, 6.45) is 11.1. The van der Waals surface area contributed by atoms with Crippen LogP contribution in [0.5, 0.6) is 0 Å². The number of hydrogen-bond donors (Lipinski definition) is 0. The second-order valence-corrected chi connectivity index (χ2v) is 14.2. The average Bonchev–Trinajstić information content (AvgIpc) is 2.36. The van der Waals surface area contributed by atoms with Gasteiger partial charge >= 0.3 is 0 Å². The Bertz CT molecular complexity index is 247. The Morgan fingerprint density at radius 1 is 1.00 bits per heavy atom. The van der Waals surface area contributed by atoms with E-state index in [-0.39, 0.29) is 9.52 Å². The SMILES string of the molecule is CC=C(C)[SiH2]CCCCCCCC[Si](C)(C)N(C)C. The zero-order chi connectivity index (χ0) is 14.7. The summed E-state index contributed by atoms with van der Waals surface area (Å²) in [6, 6.07) is 2.99. The van der Waals surface area contributed by atoms with E-state index in [1.807, 2.05) is 0 Å². The molecular formula is C16H37NSi2. The molecule has 1 nitrogen and oxygen atoms in total. The molecule has 0 atom stereocenters. The quantitative estimate of drug-likeness (QED) is 0.398. The van der Waals surface area contributed by atoms with Crippen molar-refractivity contribution in [1.29, 1.82) is 0 Å². The molecular weight excluding hydrogens is 262 g/mol. The van der Waals surface area contributed by atoms with Crippen LogP contribution in [0.3, 0.4) is 0 Å². The smallest absolute Gasteiger partial charge is 0.121 e. The summed E-state index contributed by atoms with van der Waals surface area (Å²) < 4.78 is 2.49. The van der Waals surface area contributed by atoms with E-state index in [4.69, 9.17) is 0 Å². The highest BCUT2D eigenvalue weighted by Crippen LogP contribution is 2.17. The number of hydrogen-bond acceptors (Lipinski definition) is 1. The van der Waals surface area contributed by atoms with Crippen molar-refractivity contribution < 1.29 is 0 Å². The van der Waals surface area contributed by atoms with Crippen molar-refractivity contribution >= 4 is 17.8 Å². The second kappa shape index (κ2) is 10.9. The first-order valence-electron chi connectivity index (χ1n) is 8.19. The third-order valence-corrected chi connectivity index (χ3v) is 10.6. The van der Waals surface area contributed by atoms with Gasteiger partial charge in [0.05, 0.1) is 0 Å². The molecule has 0 aliphatic heterocycles. The Morgan fingerprint density at radius 2 is 1.53 bits per heavy atom. The normalized spacial score (nSPS) is 13.9. The summed E-state index contributed by atoms with van der Waals surface area (Å²) in [4.78, 5) is 0. The summed E-state index contributed by atoms with van der Waals surface area (Å²) in [6.45, 7) is 9.46. The molecule has 0 N–H and O–H groups in total. The molecule has 0 unspecified atom stereocenters. The topological polar surface area (TPSA) is 3.24 Å². The van der Waals surface area contributed by atoms with Crippen molar-refractivity contribution in [3.63, 3.8) is 0 Å². The number of unbranched alkanes of at least 4 members (excludes halogenated alkanes) is 5. The minimum Gasteiger partial charge on any atom is -0.329 e. The third-order valence-electron chi connectivity index (χ3n) is 4.56. The fourth-order valence-corrected chi connectivity index (χ4v) is 5.23. The molecule has 0 radical (unpaired) electrons. The summed E-state index contributed by atoms with van der Waals surface area (Å²) in [5.74, 6) is 0. The van der Waals surface area contributed by atoms with Crippen LogP contribution in [0, 0.1) is 0 Å². The molecule has 0 spiro atoms. The molecule has 0 aromatic heterocycles. The van der Waals surface area contributed by atoms with Crippen molar-refractivity contribution in [1.82, 2.24) is 4.57 Å². The maximum Gasteiger partial charge on any atom is 0.121 e. The zero-order valence-electron chi connectivity index (χ0n) is 14.4. The van der Waals surface area contributed by atoms with Crippen molar-refractivity contribution in [3.05, 3.63) is 11.3 Å². The Morgan fingerprint density at radius 3 is 2.05 bits per heavy atom. The molecule has 0 aromatic rings. The van der Waals surface area contributed by atoms with Crippen LogP contribution < -0.4 is 0 Å². The van der Waals surface area contributed by atoms with E-state index in [1.54, 1.807) is 5.20 Å². The molecule has 0 aliphatic carbocycles. The summed E-state index contributed by atoms with van der Waals surface area (Å²) in [5.41, 5.74) is 0. The molecule has 114 valence electrons. The lowest BCUT2D eigenvalue weighted by molar-refractivity contribution is 0.589. The maximum atomic E-state index is 2.49. The van der Waals surface area contributed by atoms with E-state index in [1.165, 1.54) is 50.6 Å². The monoisotopic (exact) mass is 299 g/mol. The van der Waals surface area contributed by atoms with E-state index in [0.29, 0.717) is 0 Å². The molecule has 0 saturated carbocycles. The van der Waals surface area contributed by atoms with Gasteiger partial charge in [-0.3, -0.25) is 0 Å². The van der Waals surface area contributed by atoms with Gasteiger partial charge in [0.2, 0.25) is 0 Å². The largest absolute Gasteiger partial charge is 0.329 e. The molecule has 0 aromatic carbocycles. The van der Waals surface area contributed by atoms with E-state index >= 15 is 0 Å². The Balaban J connectivity index is 3.33. The lowest BCUT2D eigenvalue weighted by atomic mass is 10.1. The Hall–Kier alpha value is 0.134. The second-order valence-electron chi connectivity index (χ2n) is 6.82. The highest BCUT2D eigenvalue weighted by molar-refractivity contribution is 6.74. The van der Waals surface area contributed by atoms with Crippen molar-refractivity contribution in [3.8, 4) is 0 Å². The van der Waals surface area contributed by atoms with Gasteiger partial charge in [0.15, 0.2) is 0 Å². The van der Waals surface area contributed by atoms with Gasteiger partial charge in [-0.25, -0.2) is 0 Å². The molecule has 0 rings (SSSR count). The fourth-order valence-electron chi connectivity index (χ4n) is 2.21. The first-order chi connectivity index (χ1) is 8.90. The van der Waals surface area contributed by atoms with Gasteiger partial charge in [-0.15, -0.1) is 0 Å². The average molecular weight is 300 g/mol. The predicted molar refractivity (Wildman–Crippen MR) is 96.5 cm³/mol. The summed E-state index contributed by atoms with van der Waals surface area (Å²) >= 11 is 0. The molecule has 3 heteroatoms. The number of nitrogens with zero attached hydrogens (tertiary/aromatic N) is 1. The van der Waals surface area contributed by atoms with E-state index < -0.39 is 8.24 Å². The first-order valence-corrected chi connectivity index (χ1v) is 13.1. The molecule has 0 amide bonds. The lowest BCUT2D eigenvalue weighted by Gasteiger charge is -2.30. The van der Waals surface area contributed by atoms with Crippen LogP contribution in [0.1, 0.15) is 52.4 Å². The van der Waals surface area contributed by atoms with Gasteiger partial charge in [-0.05, 0) is 34.0 Å². The van der Waals surface area contributed by atoms with Crippen LogP contribution in [0.15, 0.2) is 11.3 Å². The van der Waals surface area contributed by atoms with Crippen LogP contribution >= 0.6 is 0 Å². The van der Waals surface area contributed by atoms with E-state index in [9.17, 15) is 0 Å². The van der Waals surface area contributed by atoms with Gasteiger partial charge in [0.1, 0.15) is 8.24 Å². The minimum atomic E-state index is -1.05. The van der Waals surface area contributed by atoms with Crippen LogP contribution in [0.4, 0.5) is 0 Å². The number of rotatable bonds is 11. The van der Waals surface area contributed by atoms with Crippen LogP contribution in [-0.4, -0.2) is 36.4 Å². The molecule has 0 fully saturated rings. The van der Waals surface area contributed by atoms with E-state index in [0.717, 1.165) is 0 Å². The fraction of sp³-hybridized carbons (Fsp3) is 0.875. The standard InChI is InChI=1S/C16H37NSi2/c1-7-16(2)18-14-12-10-8-9-11-13-15-19(5,6)17(3)4/h7H,8-15,18H2,1-6H3. The Labute approximate surface area is 125 Å². The van der Waals surface area contributed by atoms with E-state index in [2.05, 4.69) is 51.7 Å². The van der Waals surface area contributed by atoms with Crippen molar-refractivity contribution in [2.75, 3.05) is 14.1 Å². The maximum absolute atomic E-state index is 2.49. The molecule has 0 saturated heterocycles. The highest BCUT2D eigenvalue weighted by atomic mass is 28.3. The molecule has 0 heterocycles. The van der Waals surface area contributed by atoms with Gasteiger partial charge < -0.3 is 4.57 Å². The van der Waals surface area contributed by atoms with Crippen molar-refractivity contribution in [2.24, 2.45) is 0 Å². The van der Waals surface area contributed by atoms with Crippen LogP contribution in [0.25, 0.3) is 0 Å². The van der Waals surface area contributed by atoms with Gasteiger partial charge in [0.25, 0.3) is 0 Å². The van der Waals surface area contributed by atoms with Crippen LogP contribution in [0.2, 0.25) is 25.2 Å². The Kier molecular flexibility index (Phi) is 10.9. The first kappa shape index (κ1) is 19.1. The molecule has 0 aliphatic rings. The lowest BCUT2D eigenvalue weighted by Crippen LogP contribution is -2.43. The summed E-state index contributed by atoms with van der Waals surface area (Å²) in [5, 5.41) is 1.69. The summed E-state index contributed by atoms with van der Waals surface area (Å²) in [7, 11) is 3.58. The minimum absolute atomic E-state index is 0.125. The number of allylic oxidation sites excluding steroid dienone is 2. The van der Waals surface area contributed by atoms with Crippen molar-refractivity contribution in [2.45, 2.75) is 77.6 Å². The van der Waals surface area contributed by atoms with Gasteiger partial charge in [0, 0.05) is 9.52 Å². The molecule has 0 bridgehead atoms. The van der Waals surface area contributed by atoms with Crippen LogP contribution in [-0.2, 0) is 0 Å². The molecule has 19 heavy (non-hydrogen) atoms. The van der Waals surface area contributed by atoms with Gasteiger partial charge in [-0.1, -0.05) is 68.9 Å². The highest BCUT2D eigenvalue weighted by Gasteiger charge is 2.22. The van der Waals surface area contributed by atoms with Gasteiger partial charge in [-0.2, -0.15) is 0 Å². The zero-order valence-corrected chi connectivity index (χ0v) is 16.8. The third kappa shape index (κ3) is 10.6. The predicted octanol–water partition coefficient (Wildman–Crippen LogP) is 4.60.